The number of guanidine groups is 1. The molecular formula is C27H27Cl3N8O. The van der Waals surface area contributed by atoms with Gasteiger partial charge in [0.15, 0.2) is 5.82 Å². The number of likely N-dealkylation sites (N-methyl/N-ethyl adjacent to an activating group) is 1. The maximum Gasteiger partial charge on any atom is 0.270 e. The molecule has 9 nitrogen and oxygen atoms in total. The van der Waals surface area contributed by atoms with E-state index in [-0.39, 0.29) is 5.91 Å². The van der Waals surface area contributed by atoms with Crippen LogP contribution in [0.4, 0.5) is 28.8 Å². The Morgan fingerprint density at radius 1 is 1.00 bits per heavy atom. The number of anilines is 5. The van der Waals surface area contributed by atoms with Crippen molar-refractivity contribution in [1.82, 2.24) is 14.9 Å². The molecule has 1 aromatic heterocycles. The first-order valence-electron chi connectivity index (χ1n) is 12.7. The Kier molecular flexibility index (Phi) is 6.79. The fourth-order valence-electron chi connectivity index (χ4n) is 5.30. The first-order chi connectivity index (χ1) is 18.7. The summed E-state index contributed by atoms with van der Waals surface area (Å²) in [6.45, 7) is 7.34. The fourth-order valence-corrected chi connectivity index (χ4v) is 6.17. The van der Waals surface area contributed by atoms with Crippen LogP contribution in [0, 0.1) is 0 Å². The van der Waals surface area contributed by atoms with Crippen molar-refractivity contribution in [3.05, 3.63) is 63.2 Å². The maximum absolute atomic E-state index is 13.6. The van der Waals surface area contributed by atoms with Gasteiger partial charge in [-0.3, -0.25) is 19.6 Å². The Morgan fingerprint density at radius 2 is 1.72 bits per heavy atom. The molecule has 1 fully saturated rings. The number of rotatable bonds is 4. The van der Waals surface area contributed by atoms with Gasteiger partial charge in [-0.15, -0.1) is 0 Å². The van der Waals surface area contributed by atoms with E-state index in [0.29, 0.717) is 69.2 Å². The second-order valence-electron chi connectivity index (χ2n) is 10.0. The number of piperazine rings is 1. The summed E-state index contributed by atoms with van der Waals surface area (Å²) in [5, 5.41) is 4.60. The van der Waals surface area contributed by atoms with Crippen molar-refractivity contribution in [2.75, 3.05) is 53.2 Å². The third-order valence-corrected chi connectivity index (χ3v) is 8.45. The standard InChI is InChI=1S/C27H27Cl3N8O/c1-15-13-36(14-16(2)35(15)3)22-8-7-17(11-21(22)30)33-26-32-12-18-24(34-26)37-10-9-31-27(37)38(25(18)39)23-19(28)5-4-6-20(23)29/h4-8,11-12,15-16H,9-10,13-14H2,1-3H3,(H,32,33,34)/t15-,16?/m0/s1. The number of aliphatic imine (C=N–C) groups is 1. The van der Waals surface area contributed by atoms with Crippen LogP contribution >= 0.6 is 34.8 Å². The summed E-state index contributed by atoms with van der Waals surface area (Å²) in [5.41, 5.74) is 2.48. The molecule has 39 heavy (non-hydrogen) atoms. The molecule has 1 unspecified atom stereocenters. The average Bonchev–Trinajstić information content (AvgIpc) is 3.39. The summed E-state index contributed by atoms with van der Waals surface area (Å²) in [5.74, 6) is 0.931. The summed E-state index contributed by atoms with van der Waals surface area (Å²) in [4.78, 5) is 35.3. The lowest BCUT2D eigenvalue weighted by atomic mass is 10.1. The molecule has 202 valence electrons. The topological polar surface area (TPSA) is 80.2 Å². The van der Waals surface area contributed by atoms with E-state index in [1.807, 2.05) is 23.1 Å². The molecule has 4 heterocycles. The molecule has 1 saturated heterocycles. The smallest absolute Gasteiger partial charge is 0.270 e. The van der Waals surface area contributed by atoms with Crippen molar-refractivity contribution >= 4 is 75.5 Å². The van der Waals surface area contributed by atoms with Gasteiger partial charge in [0.05, 0.1) is 33.0 Å². The number of nitrogens with one attached hydrogen (secondary N) is 1. The average molecular weight is 586 g/mol. The van der Waals surface area contributed by atoms with Gasteiger partial charge in [-0.1, -0.05) is 40.9 Å². The Labute approximate surface area is 242 Å². The Morgan fingerprint density at radius 3 is 2.41 bits per heavy atom. The van der Waals surface area contributed by atoms with Crippen LogP contribution in [0.25, 0.3) is 0 Å². The highest BCUT2D eigenvalue weighted by Crippen LogP contribution is 2.40. The molecule has 0 aliphatic carbocycles. The van der Waals surface area contributed by atoms with Gasteiger partial charge in [-0.25, -0.2) is 9.88 Å². The van der Waals surface area contributed by atoms with Crippen molar-refractivity contribution < 1.29 is 4.79 Å². The molecule has 3 aromatic rings. The van der Waals surface area contributed by atoms with Crippen LogP contribution in [0.2, 0.25) is 15.1 Å². The van der Waals surface area contributed by atoms with Gasteiger partial charge in [-0.05, 0) is 51.2 Å². The van der Waals surface area contributed by atoms with Crippen LogP contribution in [0.15, 0.2) is 47.6 Å². The van der Waals surface area contributed by atoms with Crippen LogP contribution in [0.1, 0.15) is 24.2 Å². The van der Waals surface area contributed by atoms with Crippen LogP contribution in [-0.2, 0) is 0 Å². The Bertz CT molecular complexity index is 1470. The van der Waals surface area contributed by atoms with E-state index in [2.05, 4.69) is 46.0 Å². The van der Waals surface area contributed by atoms with Crippen LogP contribution in [0.3, 0.4) is 0 Å². The number of halogens is 3. The highest BCUT2D eigenvalue weighted by atomic mass is 35.5. The van der Waals surface area contributed by atoms with Crippen molar-refractivity contribution in [3.8, 4) is 0 Å². The van der Waals surface area contributed by atoms with Gasteiger partial charge < -0.3 is 10.2 Å². The molecule has 12 heteroatoms. The lowest BCUT2D eigenvalue weighted by Crippen LogP contribution is -2.55. The summed E-state index contributed by atoms with van der Waals surface area (Å²) in [6.07, 6.45) is 1.52. The molecule has 0 radical (unpaired) electrons. The summed E-state index contributed by atoms with van der Waals surface area (Å²) in [7, 11) is 2.16. The first kappa shape index (κ1) is 26.1. The van der Waals surface area contributed by atoms with E-state index >= 15 is 0 Å². The van der Waals surface area contributed by atoms with Crippen molar-refractivity contribution in [1.29, 1.82) is 0 Å². The lowest BCUT2D eigenvalue weighted by Gasteiger charge is -2.43. The molecule has 0 spiro atoms. The van der Waals surface area contributed by atoms with E-state index in [1.54, 1.807) is 18.2 Å². The molecule has 2 atom stereocenters. The number of benzene rings is 2. The monoisotopic (exact) mass is 584 g/mol. The van der Waals surface area contributed by atoms with E-state index in [9.17, 15) is 4.79 Å². The van der Waals surface area contributed by atoms with Gasteiger partial charge in [0.25, 0.3) is 5.91 Å². The van der Waals surface area contributed by atoms with E-state index < -0.39 is 0 Å². The minimum absolute atomic E-state index is 0.337. The molecule has 0 saturated carbocycles. The highest BCUT2D eigenvalue weighted by molar-refractivity contribution is 6.43. The number of nitrogens with zero attached hydrogens (tertiary/aromatic N) is 7. The number of carbonyl (C=O) groups is 1. The largest absolute Gasteiger partial charge is 0.367 e. The summed E-state index contributed by atoms with van der Waals surface area (Å²) >= 11 is 19.6. The number of carbonyl (C=O) groups excluding carboxylic acids is 1. The molecule has 2 aromatic carbocycles. The number of fused-ring (bicyclic) bond motifs is 3. The highest BCUT2D eigenvalue weighted by Gasteiger charge is 2.41. The van der Waals surface area contributed by atoms with Crippen LogP contribution in [0.5, 0.6) is 0 Å². The third kappa shape index (κ3) is 4.57. The fraction of sp³-hybridized carbons (Fsp3) is 0.333. The van der Waals surface area contributed by atoms with E-state index in [4.69, 9.17) is 39.8 Å². The third-order valence-electron chi connectivity index (χ3n) is 7.54. The number of hydrogen-bond acceptors (Lipinski definition) is 8. The van der Waals surface area contributed by atoms with Crippen LogP contribution in [-0.4, -0.2) is 72.0 Å². The van der Waals surface area contributed by atoms with Crippen molar-refractivity contribution in [2.24, 2.45) is 4.99 Å². The maximum atomic E-state index is 13.6. The van der Waals surface area contributed by atoms with Crippen LogP contribution < -0.4 is 20.0 Å². The number of hydrogen-bond donors (Lipinski definition) is 1. The first-order valence-corrected chi connectivity index (χ1v) is 13.9. The van der Waals surface area contributed by atoms with Crippen molar-refractivity contribution in [2.45, 2.75) is 25.9 Å². The zero-order valence-corrected chi connectivity index (χ0v) is 24.0. The van der Waals surface area contributed by atoms with Gasteiger partial charge in [0, 0.05) is 43.6 Å². The quantitative estimate of drug-likeness (QED) is 0.430. The number of amides is 1. The minimum Gasteiger partial charge on any atom is -0.367 e. The Hall–Kier alpha value is -3.11. The number of aromatic nitrogens is 2. The van der Waals surface area contributed by atoms with Gasteiger partial charge in [0.2, 0.25) is 11.9 Å². The molecule has 3 aliphatic heterocycles. The van der Waals surface area contributed by atoms with Gasteiger partial charge in [0.1, 0.15) is 5.56 Å². The predicted octanol–water partition coefficient (Wildman–Crippen LogP) is 5.55. The Balaban J connectivity index is 1.27. The number of para-hydroxylation sites is 1. The second-order valence-corrected chi connectivity index (χ2v) is 11.3. The second kappa shape index (κ2) is 10.1. The molecule has 1 amide bonds. The molecule has 3 aliphatic rings. The van der Waals surface area contributed by atoms with Crippen molar-refractivity contribution in [3.63, 3.8) is 0 Å². The SMILES string of the molecule is CC1CN(c2ccc(Nc3ncc4c(n3)N3CCN=C3N(c3c(Cl)cccc3Cl)C4=O)cc2Cl)C[C@H](C)N1C. The lowest BCUT2D eigenvalue weighted by molar-refractivity contribution is 0.1000. The molecule has 1 N–H and O–H groups in total. The molecular weight excluding hydrogens is 559 g/mol. The zero-order valence-electron chi connectivity index (χ0n) is 21.7. The summed E-state index contributed by atoms with van der Waals surface area (Å²) in [6, 6.07) is 11.8. The summed E-state index contributed by atoms with van der Waals surface area (Å²) < 4.78 is 0. The molecule has 0 bridgehead atoms. The van der Waals surface area contributed by atoms with Gasteiger partial charge in [-0.2, -0.15) is 4.98 Å². The van der Waals surface area contributed by atoms with E-state index in [1.165, 1.54) is 11.1 Å². The van der Waals surface area contributed by atoms with Gasteiger partial charge >= 0.3 is 0 Å². The minimum atomic E-state index is -0.341. The predicted molar refractivity (Wildman–Crippen MR) is 159 cm³/mol. The van der Waals surface area contributed by atoms with E-state index in [0.717, 1.165) is 24.5 Å². The zero-order chi connectivity index (χ0) is 27.4. The molecule has 6 rings (SSSR count). The normalized spacial score (nSPS) is 21.1.